The van der Waals surface area contributed by atoms with Gasteiger partial charge in [-0.2, -0.15) is 0 Å². The van der Waals surface area contributed by atoms with Gasteiger partial charge in [0.1, 0.15) is 11.2 Å². The predicted molar refractivity (Wildman–Crippen MR) is 236 cm³/mol. The maximum atomic E-state index is 6.65. The van der Waals surface area contributed by atoms with Crippen LogP contribution in [0.2, 0.25) is 0 Å². The SMILES string of the molecule is c1cc(-c2ccc3c(c2)oc2cccc(-c4nc(-c5ccc6ccccc6c5)c5sc6ccccc6c5n4)c23)cc(-c2cc3ccccc3c3ccccc23)c1. The molecule has 3 nitrogen and oxygen atoms in total. The van der Waals surface area contributed by atoms with Crippen molar-refractivity contribution in [2.75, 3.05) is 0 Å². The molecular formula is C52H30N2OS. The van der Waals surface area contributed by atoms with E-state index >= 15 is 0 Å². The summed E-state index contributed by atoms with van der Waals surface area (Å²) in [7, 11) is 0. The molecule has 4 heteroatoms. The van der Waals surface area contributed by atoms with Gasteiger partial charge in [0.25, 0.3) is 0 Å². The van der Waals surface area contributed by atoms with Gasteiger partial charge in [0.15, 0.2) is 5.82 Å². The minimum Gasteiger partial charge on any atom is -0.456 e. The molecule has 0 saturated carbocycles. The van der Waals surface area contributed by atoms with E-state index in [1.165, 1.54) is 48.1 Å². The molecular weight excluding hydrogens is 701 g/mol. The molecule has 3 aromatic heterocycles. The van der Waals surface area contributed by atoms with Crippen LogP contribution in [0.25, 0.3) is 119 Å². The number of fused-ring (bicyclic) bond motifs is 10. The standard InChI is InChI=1S/C52H30N2OS/c1-2-12-32-28-37(24-23-31(32)11-1)49-51-50(42-19-7-8-22-47(42)56-51)54-52(53-49)43-20-10-21-45-48(43)41-26-25-34(30-46(41)55-45)33-14-9-15-35(27-33)44-29-36-13-3-4-16-38(36)39-17-5-6-18-40(39)44/h1-30H. The summed E-state index contributed by atoms with van der Waals surface area (Å²) in [6, 6.07) is 65.0. The van der Waals surface area contributed by atoms with E-state index in [2.05, 4.69) is 170 Å². The van der Waals surface area contributed by atoms with Gasteiger partial charge in [-0.3, -0.25) is 0 Å². The van der Waals surface area contributed by atoms with Crippen LogP contribution < -0.4 is 0 Å². The molecule has 0 spiro atoms. The van der Waals surface area contributed by atoms with Crippen molar-refractivity contribution in [2.24, 2.45) is 0 Å². The van der Waals surface area contributed by atoms with Crippen molar-refractivity contribution in [1.29, 1.82) is 0 Å². The van der Waals surface area contributed by atoms with E-state index < -0.39 is 0 Å². The van der Waals surface area contributed by atoms with Gasteiger partial charge in [0.2, 0.25) is 0 Å². The van der Waals surface area contributed by atoms with Gasteiger partial charge >= 0.3 is 0 Å². The summed E-state index contributed by atoms with van der Waals surface area (Å²) in [6.07, 6.45) is 0. The van der Waals surface area contributed by atoms with Gasteiger partial charge in [-0.05, 0) is 97.0 Å². The van der Waals surface area contributed by atoms with Crippen LogP contribution in [0.15, 0.2) is 186 Å². The lowest BCUT2D eigenvalue weighted by Crippen LogP contribution is -1.94. The molecule has 0 unspecified atom stereocenters. The highest BCUT2D eigenvalue weighted by Crippen LogP contribution is 2.43. The fourth-order valence-corrected chi connectivity index (χ4v) is 9.75. The average molecular weight is 731 g/mol. The summed E-state index contributed by atoms with van der Waals surface area (Å²) in [5.41, 5.74) is 10.3. The van der Waals surface area contributed by atoms with Crippen LogP contribution in [0, 0.1) is 0 Å². The maximum Gasteiger partial charge on any atom is 0.161 e. The van der Waals surface area contributed by atoms with Crippen molar-refractivity contribution < 1.29 is 4.42 Å². The zero-order valence-electron chi connectivity index (χ0n) is 30.0. The molecule has 3 heterocycles. The van der Waals surface area contributed by atoms with Gasteiger partial charge < -0.3 is 4.42 Å². The Kier molecular flexibility index (Phi) is 6.80. The van der Waals surface area contributed by atoms with Gasteiger partial charge in [-0.15, -0.1) is 11.3 Å². The molecule has 0 aliphatic heterocycles. The van der Waals surface area contributed by atoms with Gasteiger partial charge in [0, 0.05) is 32.0 Å². The van der Waals surface area contributed by atoms with Crippen LogP contribution in [0.5, 0.6) is 0 Å². The molecule has 0 N–H and O–H groups in total. The van der Waals surface area contributed by atoms with E-state index in [0.29, 0.717) is 5.82 Å². The summed E-state index contributed by atoms with van der Waals surface area (Å²) in [4.78, 5) is 10.7. The average Bonchev–Trinajstić information content (AvgIpc) is 3.84. The lowest BCUT2D eigenvalue weighted by molar-refractivity contribution is 0.669. The monoisotopic (exact) mass is 730 g/mol. The predicted octanol–water partition coefficient (Wildman–Crippen LogP) is 14.9. The second-order valence-corrected chi connectivity index (χ2v) is 15.5. The quantitative estimate of drug-likeness (QED) is 0.169. The van der Waals surface area contributed by atoms with Crippen LogP contribution in [-0.4, -0.2) is 9.97 Å². The Morgan fingerprint density at radius 2 is 1.11 bits per heavy atom. The third-order valence-corrected chi connectivity index (χ3v) is 12.4. The number of hydrogen-bond donors (Lipinski definition) is 0. The number of nitrogens with zero attached hydrogens (tertiary/aromatic N) is 2. The minimum absolute atomic E-state index is 0.692. The summed E-state index contributed by atoms with van der Waals surface area (Å²) in [6.45, 7) is 0. The molecule has 0 saturated heterocycles. The molecule has 0 aliphatic rings. The molecule has 0 aliphatic carbocycles. The number of aromatic nitrogens is 2. The van der Waals surface area contributed by atoms with Crippen LogP contribution in [0.1, 0.15) is 0 Å². The Balaban J connectivity index is 1.01. The van der Waals surface area contributed by atoms with Crippen molar-refractivity contribution in [2.45, 2.75) is 0 Å². The summed E-state index contributed by atoms with van der Waals surface area (Å²) in [5.74, 6) is 0.692. The van der Waals surface area contributed by atoms with Gasteiger partial charge in [0.05, 0.1) is 15.9 Å². The van der Waals surface area contributed by atoms with Gasteiger partial charge in [-0.25, -0.2) is 9.97 Å². The topological polar surface area (TPSA) is 38.9 Å². The minimum atomic E-state index is 0.692. The van der Waals surface area contributed by atoms with Crippen molar-refractivity contribution >= 4 is 85.9 Å². The van der Waals surface area contributed by atoms with E-state index in [0.717, 1.165) is 65.5 Å². The first kappa shape index (κ1) is 31.2. The van der Waals surface area contributed by atoms with E-state index in [4.69, 9.17) is 14.4 Å². The molecule has 9 aromatic carbocycles. The van der Waals surface area contributed by atoms with E-state index in [1.807, 2.05) is 12.1 Å². The van der Waals surface area contributed by atoms with E-state index in [1.54, 1.807) is 11.3 Å². The number of thiophene rings is 1. The number of benzene rings is 9. The van der Waals surface area contributed by atoms with Crippen molar-refractivity contribution in [3.63, 3.8) is 0 Å². The van der Waals surface area contributed by atoms with Crippen molar-refractivity contribution in [3.8, 4) is 44.9 Å². The molecule has 0 radical (unpaired) electrons. The fraction of sp³-hybridized carbons (Fsp3) is 0. The highest BCUT2D eigenvalue weighted by Gasteiger charge is 2.20. The molecule has 0 bridgehead atoms. The Hall–Kier alpha value is -7.14. The van der Waals surface area contributed by atoms with Crippen molar-refractivity contribution in [1.82, 2.24) is 9.97 Å². The van der Waals surface area contributed by atoms with E-state index in [-0.39, 0.29) is 0 Å². The van der Waals surface area contributed by atoms with Gasteiger partial charge in [-0.1, -0.05) is 140 Å². The first-order valence-corrected chi connectivity index (χ1v) is 19.7. The van der Waals surface area contributed by atoms with Crippen molar-refractivity contribution in [3.05, 3.63) is 182 Å². The Bertz CT molecular complexity index is 3560. The Morgan fingerprint density at radius 3 is 2.02 bits per heavy atom. The zero-order chi connectivity index (χ0) is 36.7. The molecule has 260 valence electrons. The molecule has 0 atom stereocenters. The molecule has 12 rings (SSSR count). The number of rotatable bonds is 4. The molecule has 56 heavy (non-hydrogen) atoms. The summed E-state index contributed by atoms with van der Waals surface area (Å²) < 4.78 is 8.95. The smallest absolute Gasteiger partial charge is 0.161 e. The van der Waals surface area contributed by atoms with Crippen LogP contribution in [0.4, 0.5) is 0 Å². The van der Waals surface area contributed by atoms with Crippen LogP contribution >= 0.6 is 11.3 Å². The molecule has 12 aromatic rings. The number of hydrogen-bond acceptors (Lipinski definition) is 4. The number of furan rings is 1. The molecule has 0 amide bonds. The largest absolute Gasteiger partial charge is 0.456 e. The summed E-state index contributed by atoms with van der Waals surface area (Å²) >= 11 is 1.76. The summed E-state index contributed by atoms with van der Waals surface area (Å²) in [5, 5.41) is 10.6. The highest BCUT2D eigenvalue weighted by atomic mass is 32.1. The third-order valence-electron chi connectivity index (χ3n) is 11.3. The van der Waals surface area contributed by atoms with E-state index in [9.17, 15) is 0 Å². The van der Waals surface area contributed by atoms with Crippen LogP contribution in [0.3, 0.4) is 0 Å². The first-order chi connectivity index (χ1) is 27.7. The normalized spacial score (nSPS) is 11.9. The second kappa shape index (κ2) is 12.2. The second-order valence-electron chi connectivity index (χ2n) is 14.5. The lowest BCUT2D eigenvalue weighted by Gasteiger charge is -2.12. The first-order valence-electron chi connectivity index (χ1n) is 18.9. The third kappa shape index (κ3) is 4.83. The Morgan fingerprint density at radius 1 is 0.393 bits per heavy atom. The highest BCUT2D eigenvalue weighted by molar-refractivity contribution is 7.26. The zero-order valence-corrected chi connectivity index (χ0v) is 30.8. The lowest BCUT2D eigenvalue weighted by atomic mass is 9.92. The maximum absolute atomic E-state index is 6.65. The Labute approximate surface area is 325 Å². The van der Waals surface area contributed by atoms with Crippen LogP contribution in [-0.2, 0) is 0 Å². The fourth-order valence-electron chi connectivity index (χ4n) is 8.59. The molecule has 0 fully saturated rings.